The molecule has 0 bridgehead atoms. The van der Waals surface area contributed by atoms with Crippen LogP contribution in [0.4, 0.5) is 0 Å². The number of hydrogen-bond acceptors (Lipinski definition) is 4. The second-order valence-corrected chi connectivity index (χ2v) is 5.91. The molecular weight excluding hydrogens is 226 g/mol. The highest BCUT2D eigenvalue weighted by molar-refractivity contribution is 4.79. The van der Waals surface area contributed by atoms with Crippen LogP contribution < -0.4 is 5.32 Å². The lowest BCUT2D eigenvalue weighted by molar-refractivity contribution is 0.0678. The maximum absolute atomic E-state index is 10.2. The highest BCUT2D eigenvalue weighted by Gasteiger charge is 2.25. The zero-order chi connectivity index (χ0) is 12.8. The fourth-order valence-electron chi connectivity index (χ4n) is 2.79. The highest BCUT2D eigenvalue weighted by Crippen LogP contribution is 2.29. The lowest BCUT2D eigenvalue weighted by Gasteiger charge is -2.31. The van der Waals surface area contributed by atoms with Crippen molar-refractivity contribution in [1.29, 1.82) is 0 Å². The molecule has 0 aromatic rings. The Bertz CT molecular complexity index is 227. The van der Waals surface area contributed by atoms with Crippen molar-refractivity contribution in [3.05, 3.63) is 0 Å². The second-order valence-electron chi connectivity index (χ2n) is 5.91. The normalized spacial score (nSPS) is 23.5. The van der Waals surface area contributed by atoms with Gasteiger partial charge in [0.05, 0.1) is 6.10 Å². The Balaban J connectivity index is 1.67. The van der Waals surface area contributed by atoms with Gasteiger partial charge in [-0.3, -0.25) is 4.90 Å². The van der Waals surface area contributed by atoms with Gasteiger partial charge in [-0.05, 0) is 31.7 Å². The smallest absolute Gasteiger partial charge is 0.0793 e. The quantitative estimate of drug-likeness (QED) is 0.657. The first-order valence-corrected chi connectivity index (χ1v) is 7.61. The molecule has 4 heteroatoms. The van der Waals surface area contributed by atoms with Crippen LogP contribution in [-0.2, 0) is 0 Å². The maximum Gasteiger partial charge on any atom is 0.0793 e. The Morgan fingerprint density at radius 1 is 1.33 bits per heavy atom. The molecule has 1 saturated carbocycles. The molecule has 2 aliphatic rings. The van der Waals surface area contributed by atoms with Crippen molar-refractivity contribution in [2.75, 3.05) is 52.4 Å². The van der Waals surface area contributed by atoms with Gasteiger partial charge in [0.2, 0.25) is 0 Å². The molecule has 2 rings (SSSR count). The van der Waals surface area contributed by atoms with E-state index in [1.165, 1.54) is 25.8 Å². The van der Waals surface area contributed by atoms with Crippen LogP contribution in [0.15, 0.2) is 0 Å². The van der Waals surface area contributed by atoms with Gasteiger partial charge in [-0.1, -0.05) is 6.92 Å². The zero-order valence-electron chi connectivity index (χ0n) is 11.8. The van der Waals surface area contributed by atoms with E-state index in [0.717, 1.165) is 51.7 Å². The van der Waals surface area contributed by atoms with Gasteiger partial charge in [0.1, 0.15) is 0 Å². The minimum absolute atomic E-state index is 0.187. The van der Waals surface area contributed by atoms with E-state index in [0.29, 0.717) is 0 Å². The lowest BCUT2D eigenvalue weighted by Crippen LogP contribution is -2.48. The van der Waals surface area contributed by atoms with E-state index in [4.69, 9.17) is 0 Å². The Labute approximate surface area is 111 Å². The Kier molecular flexibility index (Phi) is 5.89. The number of nitrogens with zero attached hydrogens (tertiary/aromatic N) is 2. The summed E-state index contributed by atoms with van der Waals surface area (Å²) >= 11 is 0. The van der Waals surface area contributed by atoms with Crippen LogP contribution in [0, 0.1) is 5.92 Å². The van der Waals surface area contributed by atoms with Crippen LogP contribution in [0.25, 0.3) is 0 Å². The fraction of sp³-hybridized carbons (Fsp3) is 1.00. The summed E-state index contributed by atoms with van der Waals surface area (Å²) in [5.41, 5.74) is 0. The van der Waals surface area contributed by atoms with Crippen LogP contribution in [0.5, 0.6) is 0 Å². The highest BCUT2D eigenvalue weighted by atomic mass is 16.3. The molecule has 1 unspecified atom stereocenters. The van der Waals surface area contributed by atoms with Crippen molar-refractivity contribution in [2.24, 2.45) is 5.92 Å². The van der Waals surface area contributed by atoms with E-state index in [9.17, 15) is 5.11 Å². The molecule has 0 aromatic carbocycles. The molecule has 2 N–H and O–H groups in total. The van der Waals surface area contributed by atoms with Crippen LogP contribution in [0.2, 0.25) is 0 Å². The maximum atomic E-state index is 10.2. The summed E-state index contributed by atoms with van der Waals surface area (Å²) in [6.45, 7) is 10.5. The summed E-state index contributed by atoms with van der Waals surface area (Å²) in [4.78, 5) is 4.84. The van der Waals surface area contributed by atoms with Crippen molar-refractivity contribution in [3.8, 4) is 0 Å². The molecular formula is C14H29N3O. The molecule has 1 aliphatic carbocycles. The minimum atomic E-state index is -0.187. The molecule has 0 amide bonds. The predicted octanol–water partition coefficient (Wildman–Crippen LogP) is 0.375. The molecule has 1 atom stereocenters. The number of nitrogens with one attached hydrogen (secondary N) is 1. The van der Waals surface area contributed by atoms with Crippen LogP contribution in [-0.4, -0.2) is 73.4 Å². The first kappa shape index (κ1) is 14.3. The SMILES string of the molecule is CCCN(CC(O)CN1CCNCC1)CC1CC1. The van der Waals surface area contributed by atoms with Gasteiger partial charge in [0, 0.05) is 45.8 Å². The van der Waals surface area contributed by atoms with E-state index in [2.05, 4.69) is 22.0 Å². The number of β-amino-alcohol motifs (C(OH)–C–C–N with tert-alkyl or cyclic N) is 1. The molecule has 0 aromatic heterocycles. The van der Waals surface area contributed by atoms with Gasteiger partial charge < -0.3 is 15.3 Å². The Morgan fingerprint density at radius 3 is 2.67 bits per heavy atom. The van der Waals surface area contributed by atoms with E-state index >= 15 is 0 Å². The topological polar surface area (TPSA) is 38.7 Å². The predicted molar refractivity (Wildman–Crippen MR) is 74.8 cm³/mol. The van der Waals surface area contributed by atoms with Gasteiger partial charge in [-0.25, -0.2) is 0 Å². The first-order valence-electron chi connectivity index (χ1n) is 7.61. The van der Waals surface area contributed by atoms with Crippen LogP contribution in [0.3, 0.4) is 0 Å². The van der Waals surface area contributed by atoms with Crippen LogP contribution in [0.1, 0.15) is 26.2 Å². The van der Waals surface area contributed by atoms with Gasteiger partial charge >= 0.3 is 0 Å². The monoisotopic (exact) mass is 255 g/mol. The summed E-state index contributed by atoms with van der Waals surface area (Å²) in [6.07, 6.45) is 3.79. The molecule has 0 spiro atoms. The largest absolute Gasteiger partial charge is 0.390 e. The third kappa shape index (κ3) is 5.22. The van der Waals surface area contributed by atoms with E-state index in [-0.39, 0.29) is 6.10 Å². The summed E-state index contributed by atoms with van der Waals surface area (Å²) in [7, 11) is 0. The van der Waals surface area contributed by atoms with Crippen LogP contribution >= 0.6 is 0 Å². The molecule has 1 saturated heterocycles. The molecule has 106 valence electrons. The van der Waals surface area contributed by atoms with Crippen molar-refractivity contribution in [3.63, 3.8) is 0 Å². The van der Waals surface area contributed by atoms with E-state index in [1.54, 1.807) is 0 Å². The molecule has 2 fully saturated rings. The number of aliphatic hydroxyl groups is 1. The Hall–Kier alpha value is -0.160. The number of aliphatic hydroxyl groups excluding tert-OH is 1. The van der Waals surface area contributed by atoms with Crippen molar-refractivity contribution < 1.29 is 5.11 Å². The van der Waals surface area contributed by atoms with Gasteiger partial charge in [-0.15, -0.1) is 0 Å². The number of rotatable bonds is 8. The van der Waals surface area contributed by atoms with Gasteiger partial charge in [0.15, 0.2) is 0 Å². The molecule has 4 nitrogen and oxygen atoms in total. The summed E-state index contributed by atoms with van der Waals surface area (Å²) in [5.74, 6) is 0.919. The second kappa shape index (κ2) is 7.43. The third-order valence-electron chi connectivity index (χ3n) is 3.90. The molecule has 18 heavy (non-hydrogen) atoms. The minimum Gasteiger partial charge on any atom is -0.390 e. The summed E-state index contributed by atoms with van der Waals surface area (Å²) in [6, 6.07) is 0. The lowest BCUT2D eigenvalue weighted by atomic mass is 10.2. The van der Waals surface area contributed by atoms with E-state index < -0.39 is 0 Å². The molecule has 0 radical (unpaired) electrons. The van der Waals surface area contributed by atoms with Crippen molar-refractivity contribution in [1.82, 2.24) is 15.1 Å². The van der Waals surface area contributed by atoms with Gasteiger partial charge in [-0.2, -0.15) is 0 Å². The zero-order valence-corrected chi connectivity index (χ0v) is 11.8. The average Bonchev–Trinajstić information content (AvgIpc) is 3.14. The average molecular weight is 255 g/mol. The standard InChI is InChI=1S/C14H29N3O/c1-2-7-17(10-13-3-4-13)12-14(18)11-16-8-5-15-6-9-16/h13-15,18H,2-12H2,1H3. The Morgan fingerprint density at radius 2 is 2.06 bits per heavy atom. The molecule has 1 aliphatic heterocycles. The van der Waals surface area contributed by atoms with Gasteiger partial charge in [0.25, 0.3) is 0 Å². The third-order valence-corrected chi connectivity index (χ3v) is 3.90. The number of hydrogen-bond donors (Lipinski definition) is 2. The first-order chi connectivity index (χ1) is 8.78. The summed E-state index contributed by atoms with van der Waals surface area (Å²) < 4.78 is 0. The number of piperazine rings is 1. The fourth-order valence-corrected chi connectivity index (χ4v) is 2.79. The van der Waals surface area contributed by atoms with Crippen molar-refractivity contribution >= 4 is 0 Å². The molecule has 1 heterocycles. The summed E-state index contributed by atoms with van der Waals surface area (Å²) in [5, 5.41) is 13.6. The van der Waals surface area contributed by atoms with Crippen molar-refractivity contribution in [2.45, 2.75) is 32.3 Å². The van der Waals surface area contributed by atoms with E-state index in [1.807, 2.05) is 0 Å².